The number of hydrogen-bond donors (Lipinski definition) is 1. The van der Waals surface area contributed by atoms with Crippen LogP contribution in [0.3, 0.4) is 0 Å². The van der Waals surface area contributed by atoms with Gasteiger partial charge in [-0.15, -0.1) is 0 Å². The molecule has 1 heterocycles. The molecule has 0 bridgehead atoms. The summed E-state index contributed by atoms with van der Waals surface area (Å²) in [6.07, 6.45) is -0.160. The highest BCUT2D eigenvalue weighted by atomic mass is 16.5. The molecule has 0 spiro atoms. The smallest absolute Gasteiger partial charge is 0.338 e. The van der Waals surface area contributed by atoms with Crippen molar-refractivity contribution in [3.05, 3.63) is 76.2 Å². The number of nitrogens with one attached hydrogen (secondary N) is 1. The van der Waals surface area contributed by atoms with Crippen LogP contribution < -0.4 is 15.6 Å². The van der Waals surface area contributed by atoms with Crippen LogP contribution in [0.25, 0.3) is 5.69 Å². The number of carbonyl (C=O) groups excluding carboxylic acids is 2. The van der Waals surface area contributed by atoms with Crippen molar-refractivity contribution in [1.82, 2.24) is 9.36 Å². The van der Waals surface area contributed by atoms with Gasteiger partial charge in [0.15, 0.2) is 6.10 Å². The second kappa shape index (κ2) is 10.9. The Morgan fingerprint density at radius 2 is 1.65 bits per heavy atom. The van der Waals surface area contributed by atoms with E-state index >= 15 is 0 Å². The number of amides is 1. The van der Waals surface area contributed by atoms with Gasteiger partial charge in [-0.3, -0.25) is 14.3 Å². The molecule has 0 aliphatic rings. The minimum Gasteiger partial charge on any atom is -0.494 e. The molecule has 8 nitrogen and oxygen atoms in total. The number of nitrogens with zero attached hydrogens (tertiary/aromatic N) is 2. The summed E-state index contributed by atoms with van der Waals surface area (Å²) in [5.74, 6) is -0.0177. The van der Waals surface area contributed by atoms with Gasteiger partial charge in [0.2, 0.25) is 0 Å². The number of aromatic nitrogens is 2. The van der Waals surface area contributed by atoms with E-state index in [1.54, 1.807) is 55.1 Å². The Morgan fingerprint density at radius 3 is 2.26 bits per heavy atom. The first-order chi connectivity index (χ1) is 16.2. The third kappa shape index (κ3) is 5.75. The lowest BCUT2D eigenvalue weighted by molar-refractivity contribution is -0.123. The third-order valence-corrected chi connectivity index (χ3v) is 5.51. The minimum atomic E-state index is -1.10. The molecule has 1 N–H and O–H groups in total. The lowest BCUT2D eigenvalue weighted by Gasteiger charge is -2.13. The van der Waals surface area contributed by atoms with E-state index in [1.807, 2.05) is 18.2 Å². The van der Waals surface area contributed by atoms with E-state index in [9.17, 15) is 14.4 Å². The number of para-hydroxylation sites is 1. The number of carbonyl (C=O) groups is 2. The molecule has 1 amide bonds. The molecule has 0 saturated heterocycles. The normalized spacial score (nSPS) is 11.8. The molecule has 3 rings (SSSR count). The summed E-state index contributed by atoms with van der Waals surface area (Å²) >= 11 is 0. The molecule has 34 heavy (non-hydrogen) atoms. The summed E-state index contributed by atoms with van der Waals surface area (Å²) in [4.78, 5) is 38.2. The van der Waals surface area contributed by atoms with E-state index in [1.165, 1.54) is 11.6 Å². The largest absolute Gasteiger partial charge is 0.494 e. The Labute approximate surface area is 199 Å². The van der Waals surface area contributed by atoms with Crippen LogP contribution in [0.2, 0.25) is 0 Å². The lowest BCUT2D eigenvalue weighted by Crippen LogP contribution is -2.32. The highest BCUT2D eigenvalue weighted by Crippen LogP contribution is 2.17. The lowest BCUT2D eigenvalue weighted by atomic mass is 10.1. The Kier molecular flexibility index (Phi) is 7.94. The number of ether oxygens (including phenoxy) is 2. The van der Waals surface area contributed by atoms with Gasteiger partial charge in [0, 0.05) is 7.05 Å². The molecule has 0 fully saturated rings. The van der Waals surface area contributed by atoms with Gasteiger partial charge in [0.25, 0.3) is 11.5 Å². The maximum absolute atomic E-state index is 13.0. The average Bonchev–Trinajstić information content (AvgIpc) is 3.02. The van der Waals surface area contributed by atoms with Gasteiger partial charge in [0.05, 0.1) is 23.6 Å². The first-order valence-corrected chi connectivity index (χ1v) is 11.3. The topological polar surface area (TPSA) is 91.6 Å². The zero-order valence-corrected chi connectivity index (χ0v) is 20.2. The molecule has 3 aromatic rings. The van der Waals surface area contributed by atoms with Crippen LogP contribution >= 0.6 is 0 Å². The highest BCUT2D eigenvalue weighted by molar-refractivity contribution is 5.97. The van der Waals surface area contributed by atoms with Gasteiger partial charge in [-0.25, -0.2) is 9.48 Å². The number of esters is 1. The van der Waals surface area contributed by atoms with Gasteiger partial charge in [-0.1, -0.05) is 32.0 Å². The van der Waals surface area contributed by atoms with Crippen LogP contribution in [-0.2, 0) is 16.6 Å². The zero-order chi connectivity index (χ0) is 24.8. The summed E-state index contributed by atoms with van der Waals surface area (Å²) in [5, 5.41) is 2.62. The molecule has 0 aliphatic heterocycles. The predicted molar refractivity (Wildman–Crippen MR) is 131 cm³/mol. The summed E-state index contributed by atoms with van der Waals surface area (Å²) in [6.45, 7) is 8.04. The van der Waals surface area contributed by atoms with Crippen molar-refractivity contribution in [2.24, 2.45) is 13.0 Å². The Balaban J connectivity index is 1.64. The van der Waals surface area contributed by atoms with Crippen molar-refractivity contribution < 1.29 is 19.1 Å². The van der Waals surface area contributed by atoms with Gasteiger partial charge < -0.3 is 14.8 Å². The van der Waals surface area contributed by atoms with E-state index in [0.717, 1.165) is 6.42 Å². The van der Waals surface area contributed by atoms with Crippen molar-refractivity contribution in [2.75, 3.05) is 11.9 Å². The molecule has 180 valence electrons. The van der Waals surface area contributed by atoms with Crippen LogP contribution in [-0.4, -0.2) is 34.0 Å². The van der Waals surface area contributed by atoms with Crippen LogP contribution in [0.5, 0.6) is 5.75 Å². The standard InChI is InChI=1S/C26H31N3O5/c1-17(2)15-16-33-22-13-11-20(12-14-22)26(32)34-19(4)24(30)27-23-18(3)28(5)29(25(23)31)21-9-7-6-8-10-21/h6-14,17,19H,15-16H2,1-5H3,(H,27,30). The molecule has 8 heteroatoms. The number of anilines is 1. The second-order valence-electron chi connectivity index (χ2n) is 8.53. The Bertz CT molecular complexity index is 1190. The van der Waals surface area contributed by atoms with Crippen LogP contribution in [0.15, 0.2) is 59.4 Å². The zero-order valence-electron chi connectivity index (χ0n) is 20.2. The molecule has 1 unspecified atom stereocenters. The molecule has 1 aromatic heterocycles. The van der Waals surface area contributed by atoms with Crippen molar-refractivity contribution in [2.45, 2.75) is 40.2 Å². The van der Waals surface area contributed by atoms with Crippen molar-refractivity contribution in [3.8, 4) is 11.4 Å². The van der Waals surface area contributed by atoms with E-state index in [-0.39, 0.29) is 11.2 Å². The van der Waals surface area contributed by atoms with Gasteiger partial charge >= 0.3 is 5.97 Å². The minimum absolute atomic E-state index is 0.141. The number of hydrogen-bond acceptors (Lipinski definition) is 5. The summed E-state index contributed by atoms with van der Waals surface area (Å²) in [5.41, 5.74) is 1.33. The van der Waals surface area contributed by atoms with Crippen molar-refractivity contribution >= 4 is 17.6 Å². The van der Waals surface area contributed by atoms with Crippen LogP contribution in [0.4, 0.5) is 5.69 Å². The average molecular weight is 466 g/mol. The fourth-order valence-corrected chi connectivity index (χ4v) is 3.32. The fraction of sp³-hybridized carbons (Fsp3) is 0.346. The number of benzene rings is 2. The molecule has 0 saturated carbocycles. The molecule has 1 atom stereocenters. The van der Waals surface area contributed by atoms with Gasteiger partial charge in [0.1, 0.15) is 11.4 Å². The predicted octanol–water partition coefficient (Wildman–Crippen LogP) is 4.09. The molecular weight excluding hydrogens is 434 g/mol. The molecule has 0 radical (unpaired) electrons. The summed E-state index contributed by atoms with van der Waals surface area (Å²) in [7, 11) is 1.74. The monoisotopic (exact) mass is 465 g/mol. The second-order valence-corrected chi connectivity index (χ2v) is 8.53. The molecular formula is C26H31N3O5. The SMILES string of the molecule is Cc1c(NC(=O)C(C)OC(=O)c2ccc(OCCC(C)C)cc2)c(=O)n(-c2ccccc2)n1C. The fourth-order valence-electron chi connectivity index (χ4n) is 3.32. The van der Waals surface area contributed by atoms with Gasteiger partial charge in [-0.05, 0) is 62.6 Å². The van der Waals surface area contributed by atoms with Crippen LogP contribution in [0.1, 0.15) is 43.2 Å². The quantitative estimate of drug-likeness (QED) is 0.481. The van der Waals surface area contributed by atoms with E-state index in [2.05, 4.69) is 19.2 Å². The molecule has 2 aromatic carbocycles. The molecule has 0 aliphatic carbocycles. The van der Waals surface area contributed by atoms with Crippen molar-refractivity contribution in [3.63, 3.8) is 0 Å². The van der Waals surface area contributed by atoms with E-state index < -0.39 is 18.0 Å². The van der Waals surface area contributed by atoms with Gasteiger partial charge in [-0.2, -0.15) is 0 Å². The van der Waals surface area contributed by atoms with Crippen LogP contribution in [0, 0.1) is 12.8 Å². The Morgan fingerprint density at radius 1 is 1.00 bits per heavy atom. The van der Waals surface area contributed by atoms with E-state index in [0.29, 0.717) is 35.2 Å². The third-order valence-electron chi connectivity index (χ3n) is 5.51. The first kappa shape index (κ1) is 24.8. The maximum Gasteiger partial charge on any atom is 0.338 e. The van der Waals surface area contributed by atoms with Crippen molar-refractivity contribution in [1.29, 1.82) is 0 Å². The number of rotatable bonds is 9. The van der Waals surface area contributed by atoms with E-state index in [4.69, 9.17) is 9.47 Å². The summed E-state index contributed by atoms with van der Waals surface area (Å²) in [6, 6.07) is 15.7. The Hall–Kier alpha value is -3.81. The maximum atomic E-state index is 13.0. The highest BCUT2D eigenvalue weighted by Gasteiger charge is 2.23. The summed E-state index contributed by atoms with van der Waals surface area (Å²) < 4.78 is 14.1. The first-order valence-electron chi connectivity index (χ1n) is 11.3.